The third-order valence-electron chi connectivity index (χ3n) is 6.07. The van der Waals surface area contributed by atoms with Crippen LogP contribution >= 0.6 is 0 Å². The number of furan rings is 1. The van der Waals surface area contributed by atoms with Crippen LogP contribution in [0.3, 0.4) is 0 Å². The summed E-state index contributed by atoms with van der Waals surface area (Å²) in [4.78, 5) is 41.6. The summed E-state index contributed by atoms with van der Waals surface area (Å²) in [5.41, 5.74) is 2.09. The van der Waals surface area contributed by atoms with Gasteiger partial charge in [-0.1, -0.05) is 31.7 Å². The fourth-order valence-corrected chi connectivity index (χ4v) is 4.12. The first-order valence-corrected chi connectivity index (χ1v) is 11.5. The summed E-state index contributed by atoms with van der Waals surface area (Å²) in [5.74, 6) is 0.281. The molecule has 8 nitrogen and oxygen atoms in total. The van der Waals surface area contributed by atoms with Gasteiger partial charge in [0.15, 0.2) is 5.76 Å². The molecule has 3 amide bonds. The minimum absolute atomic E-state index is 0.176. The molecule has 176 valence electrons. The van der Waals surface area contributed by atoms with Gasteiger partial charge < -0.3 is 20.4 Å². The van der Waals surface area contributed by atoms with Gasteiger partial charge in [-0.2, -0.15) is 0 Å². The van der Waals surface area contributed by atoms with Crippen molar-refractivity contribution in [1.29, 1.82) is 0 Å². The maximum atomic E-state index is 12.9. The number of hydrogen-bond acceptors (Lipinski definition) is 5. The summed E-state index contributed by atoms with van der Waals surface area (Å²) >= 11 is 0. The molecule has 0 unspecified atom stereocenters. The fraction of sp³-hybridized carbons (Fsp3) is 0.308. The minimum Gasteiger partial charge on any atom is -0.459 e. The van der Waals surface area contributed by atoms with Gasteiger partial charge in [0, 0.05) is 17.7 Å². The van der Waals surface area contributed by atoms with E-state index in [1.165, 1.54) is 38.1 Å². The maximum Gasteiger partial charge on any atom is 0.292 e. The van der Waals surface area contributed by atoms with Crippen LogP contribution < -0.4 is 16.0 Å². The number of benzene rings is 1. The molecule has 3 N–H and O–H groups in total. The molecule has 8 heteroatoms. The molecule has 0 atom stereocenters. The van der Waals surface area contributed by atoms with Crippen molar-refractivity contribution in [3.8, 4) is 0 Å². The average Bonchev–Trinajstić information content (AvgIpc) is 3.55. The van der Waals surface area contributed by atoms with Crippen LogP contribution in [0.2, 0.25) is 0 Å². The van der Waals surface area contributed by atoms with Gasteiger partial charge in [-0.25, -0.2) is 4.98 Å². The van der Waals surface area contributed by atoms with Crippen LogP contribution in [0.1, 0.15) is 68.9 Å². The van der Waals surface area contributed by atoms with Gasteiger partial charge in [-0.05, 0) is 61.2 Å². The van der Waals surface area contributed by atoms with Gasteiger partial charge in [0.2, 0.25) is 0 Å². The molecule has 34 heavy (non-hydrogen) atoms. The Hall–Kier alpha value is -3.94. The normalized spacial score (nSPS) is 13.4. The number of nitrogens with one attached hydrogen (secondary N) is 3. The van der Waals surface area contributed by atoms with E-state index in [9.17, 15) is 14.4 Å². The van der Waals surface area contributed by atoms with Gasteiger partial charge in [-0.3, -0.25) is 14.4 Å². The predicted octanol–water partition coefficient (Wildman–Crippen LogP) is 4.80. The second-order valence-electron chi connectivity index (χ2n) is 8.54. The Bertz CT molecular complexity index is 1150. The zero-order valence-corrected chi connectivity index (χ0v) is 19.1. The quantitative estimate of drug-likeness (QED) is 0.447. The monoisotopic (exact) mass is 460 g/mol. The van der Waals surface area contributed by atoms with E-state index in [0.29, 0.717) is 35.1 Å². The summed E-state index contributed by atoms with van der Waals surface area (Å²) in [6.45, 7) is 2.47. The zero-order valence-electron chi connectivity index (χ0n) is 19.1. The van der Waals surface area contributed by atoms with Gasteiger partial charge in [0.1, 0.15) is 5.82 Å². The molecular weight excluding hydrogens is 432 g/mol. The Morgan fingerprint density at radius 2 is 1.82 bits per heavy atom. The standard InChI is InChI=1S/C26H28N4O4/c1-17-8-9-19(24(31)27-13-12-18-5-2-3-6-18)15-21(17)25(32)29-20-10-11-23(28-16-20)30-26(33)22-7-4-14-34-22/h4,7-11,14-16,18H,2-3,5-6,12-13H2,1H3,(H,27,31)(H,29,32)(H,28,30,33). The fourth-order valence-electron chi connectivity index (χ4n) is 4.12. The van der Waals surface area contributed by atoms with E-state index in [1.54, 1.807) is 42.5 Å². The van der Waals surface area contributed by atoms with Crippen molar-refractivity contribution >= 4 is 29.2 Å². The van der Waals surface area contributed by atoms with Crippen LogP contribution in [0, 0.1) is 12.8 Å². The van der Waals surface area contributed by atoms with Crippen LogP contribution in [-0.2, 0) is 0 Å². The highest BCUT2D eigenvalue weighted by Crippen LogP contribution is 2.27. The van der Waals surface area contributed by atoms with Crippen LogP contribution in [0.4, 0.5) is 11.5 Å². The van der Waals surface area contributed by atoms with Gasteiger partial charge >= 0.3 is 0 Å². The number of aryl methyl sites for hydroxylation is 1. The van der Waals surface area contributed by atoms with E-state index >= 15 is 0 Å². The maximum absolute atomic E-state index is 12.9. The highest BCUT2D eigenvalue weighted by Gasteiger charge is 2.17. The summed E-state index contributed by atoms with van der Waals surface area (Å²) in [5, 5.41) is 8.38. The molecule has 0 bridgehead atoms. The molecule has 0 saturated heterocycles. The molecule has 0 spiro atoms. The number of carbonyl (C=O) groups excluding carboxylic acids is 3. The van der Waals surface area contributed by atoms with Crippen molar-refractivity contribution in [2.75, 3.05) is 17.2 Å². The molecule has 1 aliphatic rings. The lowest BCUT2D eigenvalue weighted by Crippen LogP contribution is -2.26. The van der Waals surface area contributed by atoms with Gasteiger partial charge in [0.05, 0.1) is 18.1 Å². The number of hydrogen-bond donors (Lipinski definition) is 3. The van der Waals surface area contributed by atoms with Gasteiger partial charge in [0.25, 0.3) is 17.7 Å². The Morgan fingerprint density at radius 1 is 1.00 bits per heavy atom. The Kier molecular flexibility index (Phi) is 7.37. The largest absolute Gasteiger partial charge is 0.459 e. The molecule has 1 fully saturated rings. The van der Waals surface area contributed by atoms with E-state index in [0.717, 1.165) is 12.0 Å². The third kappa shape index (κ3) is 5.89. The highest BCUT2D eigenvalue weighted by molar-refractivity contribution is 6.07. The number of pyridine rings is 1. The lowest BCUT2D eigenvalue weighted by Gasteiger charge is -2.12. The molecule has 0 aliphatic heterocycles. The SMILES string of the molecule is Cc1ccc(C(=O)NCCC2CCCC2)cc1C(=O)Nc1ccc(NC(=O)c2ccco2)nc1. The highest BCUT2D eigenvalue weighted by atomic mass is 16.3. The lowest BCUT2D eigenvalue weighted by molar-refractivity contribution is 0.0950. The van der Waals surface area contributed by atoms with Gasteiger partial charge in [-0.15, -0.1) is 0 Å². The number of carbonyl (C=O) groups is 3. The summed E-state index contributed by atoms with van der Waals surface area (Å²) in [6, 6.07) is 11.5. The zero-order chi connectivity index (χ0) is 23.9. The lowest BCUT2D eigenvalue weighted by atomic mass is 10.0. The molecule has 1 saturated carbocycles. The Balaban J connectivity index is 1.34. The molecule has 2 aromatic heterocycles. The second kappa shape index (κ2) is 10.8. The molecule has 1 aliphatic carbocycles. The number of amides is 3. The Morgan fingerprint density at radius 3 is 2.53 bits per heavy atom. The molecule has 0 radical (unpaired) electrons. The first-order chi connectivity index (χ1) is 16.5. The summed E-state index contributed by atoms with van der Waals surface area (Å²) < 4.78 is 5.05. The molecule has 2 heterocycles. The van der Waals surface area contributed by atoms with E-state index in [1.807, 2.05) is 6.92 Å². The summed E-state index contributed by atoms with van der Waals surface area (Å²) in [6.07, 6.45) is 8.92. The first-order valence-electron chi connectivity index (χ1n) is 11.5. The number of rotatable bonds is 8. The van der Waals surface area contributed by atoms with Crippen LogP contribution in [0.15, 0.2) is 59.3 Å². The van der Waals surface area contributed by atoms with E-state index in [2.05, 4.69) is 20.9 Å². The Labute approximate surface area is 198 Å². The molecule has 3 aromatic rings. The smallest absolute Gasteiger partial charge is 0.292 e. The molecule has 1 aromatic carbocycles. The predicted molar refractivity (Wildman–Crippen MR) is 129 cm³/mol. The van der Waals surface area contributed by atoms with E-state index in [-0.39, 0.29) is 17.6 Å². The van der Waals surface area contributed by atoms with Crippen molar-refractivity contribution in [1.82, 2.24) is 10.3 Å². The average molecular weight is 461 g/mol. The van der Waals surface area contributed by atoms with Crippen LogP contribution in [0.25, 0.3) is 0 Å². The van der Waals surface area contributed by atoms with Crippen molar-refractivity contribution in [2.45, 2.75) is 39.0 Å². The number of aromatic nitrogens is 1. The van der Waals surface area contributed by atoms with Crippen LogP contribution in [0.5, 0.6) is 0 Å². The van der Waals surface area contributed by atoms with Crippen molar-refractivity contribution < 1.29 is 18.8 Å². The minimum atomic E-state index is -0.414. The number of anilines is 2. The first kappa shape index (κ1) is 23.2. The summed E-state index contributed by atoms with van der Waals surface area (Å²) in [7, 11) is 0. The topological polar surface area (TPSA) is 113 Å². The van der Waals surface area contributed by atoms with E-state index < -0.39 is 5.91 Å². The van der Waals surface area contributed by atoms with Crippen molar-refractivity contribution in [2.24, 2.45) is 5.92 Å². The number of nitrogens with zero attached hydrogens (tertiary/aromatic N) is 1. The van der Waals surface area contributed by atoms with E-state index in [4.69, 9.17) is 4.42 Å². The second-order valence-corrected chi connectivity index (χ2v) is 8.54. The third-order valence-corrected chi connectivity index (χ3v) is 6.07. The van der Waals surface area contributed by atoms with Crippen LogP contribution in [-0.4, -0.2) is 29.3 Å². The van der Waals surface area contributed by atoms with Crippen molar-refractivity contribution in [3.05, 3.63) is 77.4 Å². The molecular formula is C26H28N4O4. The van der Waals surface area contributed by atoms with Crippen molar-refractivity contribution in [3.63, 3.8) is 0 Å². The molecule has 4 rings (SSSR count).